The van der Waals surface area contributed by atoms with Gasteiger partial charge in [-0.2, -0.15) is 0 Å². The standard InChI is InChI=1S/C21H22O4S/c1-15-5-2-3-12-21(15,17-6-4-7-18(22)13-17)20(23)24-14-16-8-10-19(25-26)11-9-16/h2,4-11,13,15,22,26H,3,12,14H2,1H3/t15?,21-/m0/s1. The van der Waals surface area contributed by atoms with E-state index in [1.54, 1.807) is 30.3 Å². The van der Waals surface area contributed by atoms with Gasteiger partial charge in [0.25, 0.3) is 0 Å². The van der Waals surface area contributed by atoms with Crippen molar-refractivity contribution in [3.05, 3.63) is 71.8 Å². The SMILES string of the molecule is CC1C=CCC[C@@]1(C(=O)OCc1ccc(OS)cc1)c1cccc(O)c1. The molecule has 0 fully saturated rings. The second kappa shape index (κ2) is 7.87. The predicted octanol–water partition coefficient (Wildman–Crippen LogP) is 4.58. The minimum Gasteiger partial charge on any atom is -0.508 e. The van der Waals surface area contributed by atoms with Crippen LogP contribution in [0.1, 0.15) is 30.9 Å². The number of carbonyl (C=O) groups excluding carboxylic acids is 1. The minimum absolute atomic E-state index is 0.0227. The summed E-state index contributed by atoms with van der Waals surface area (Å²) in [6, 6.07) is 14.1. The van der Waals surface area contributed by atoms with Gasteiger partial charge in [0, 0.05) is 12.9 Å². The molecule has 2 atom stereocenters. The number of ether oxygens (including phenoxy) is 1. The number of benzene rings is 2. The number of hydrogen-bond donors (Lipinski definition) is 2. The molecule has 0 aromatic heterocycles. The fraction of sp³-hybridized carbons (Fsp3) is 0.286. The number of thiol groups is 1. The van der Waals surface area contributed by atoms with Gasteiger partial charge in [0.2, 0.25) is 0 Å². The molecule has 26 heavy (non-hydrogen) atoms. The van der Waals surface area contributed by atoms with Gasteiger partial charge in [0.05, 0.1) is 5.41 Å². The average Bonchev–Trinajstić information content (AvgIpc) is 2.67. The first-order valence-corrected chi connectivity index (χ1v) is 8.96. The van der Waals surface area contributed by atoms with Crippen LogP contribution in [-0.4, -0.2) is 11.1 Å². The fourth-order valence-corrected chi connectivity index (χ4v) is 3.65. The van der Waals surface area contributed by atoms with Crippen molar-refractivity contribution in [2.45, 2.75) is 31.8 Å². The van der Waals surface area contributed by atoms with E-state index in [2.05, 4.69) is 19.0 Å². The lowest BCUT2D eigenvalue weighted by Gasteiger charge is -2.38. The van der Waals surface area contributed by atoms with E-state index in [0.717, 1.165) is 17.5 Å². The molecule has 136 valence electrons. The molecule has 3 rings (SSSR count). The van der Waals surface area contributed by atoms with Crippen LogP contribution in [-0.2, 0) is 21.6 Å². The van der Waals surface area contributed by atoms with E-state index in [-0.39, 0.29) is 24.2 Å². The van der Waals surface area contributed by atoms with Crippen LogP contribution in [0.5, 0.6) is 11.5 Å². The predicted molar refractivity (Wildman–Crippen MR) is 103 cm³/mol. The first kappa shape index (κ1) is 18.4. The number of hydrogen-bond acceptors (Lipinski definition) is 5. The molecule has 1 unspecified atom stereocenters. The molecule has 2 aromatic rings. The number of esters is 1. The maximum atomic E-state index is 13.2. The van der Waals surface area contributed by atoms with Crippen LogP contribution < -0.4 is 4.18 Å². The second-order valence-corrected chi connectivity index (χ2v) is 6.77. The number of rotatable bonds is 5. The Labute approximate surface area is 159 Å². The first-order valence-electron chi connectivity index (χ1n) is 8.60. The smallest absolute Gasteiger partial charge is 0.317 e. The highest BCUT2D eigenvalue weighted by molar-refractivity contribution is 7.75. The van der Waals surface area contributed by atoms with Crippen LogP contribution in [0, 0.1) is 5.92 Å². The number of aromatic hydroxyl groups is 1. The van der Waals surface area contributed by atoms with Crippen molar-refractivity contribution in [3.8, 4) is 11.5 Å². The van der Waals surface area contributed by atoms with Gasteiger partial charge in [0.15, 0.2) is 0 Å². The van der Waals surface area contributed by atoms with Crippen LogP contribution in [0.3, 0.4) is 0 Å². The van der Waals surface area contributed by atoms with Crippen LogP contribution in [0.15, 0.2) is 60.7 Å². The van der Waals surface area contributed by atoms with Gasteiger partial charge >= 0.3 is 5.97 Å². The summed E-state index contributed by atoms with van der Waals surface area (Å²) in [5.41, 5.74) is 0.873. The Bertz CT molecular complexity index is 800. The molecule has 0 saturated carbocycles. The molecule has 0 radical (unpaired) electrons. The number of carbonyl (C=O) groups is 1. The van der Waals surface area contributed by atoms with Gasteiger partial charge in [-0.15, -0.1) is 0 Å². The molecule has 1 aliphatic carbocycles. The third-order valence-electron chi connectivity index (χ3n) is 5.03. The molecule has 0 aliphatic heterocycles. The molecular weight excluding hydrogens is 348 g/mol. The molecular formula is C21H22O4S. The van der Waals surface area contributed by atoms with E-state index >= 15 is 0 Å². The molecule has 0 bridgehead atoms. The van der Waals surface area contributed by atoms with E-state index in [1.165, 1.54) is 0 Å². The third-order valence-corrected chi connectivity index (χ3v) is 5.24. The monoisotopic (exact) mass is 370 g/mol. The van der Waals surface area contributed by atoms with Crippen molar-refractivity contribution in [3.63, 3.8) is 0 Å². The van der Waals surface area contributed by atoms with Crippen LogP contribution >= 0.6 is 12.9 Å². The molecule has 0 heterocycles. The average molecular weight is 370 g/mol. The summed E-state index contributed by atoms with van der Waals surface area (Å²) in [6.07, 6.45) is 5.59. The Balaban J connectivity index is 1.84. The highest BCUT2D eigenvalue weighted by atomic mass is 32.1. The lowest BCUT2D eigenvalue weighted by Crippen LogP contribution is -2.43. The third kappa shape index (κ3) is 3.58. The summed E-state index contributed by atoms with van der Waals surface area (Å²) in [5, 5.41) is 9.90. The summed E-state index contributed by atoms with van der Waals surface area (Å²) < 4.78 is 10.5. The molecule has 4 nitrogen and oxygen atoms in total. The van der Waals surface area contributed by atoms with E-state index < -0.39 is 5.41 Å². The highest BCUT2D eigenvalue weighted by Crippen LogP contribution is 2.43. The van der Waals surface area contributed by atoms with Crippen molar-refractivity contribution >= 4 is 18.9 Å². The van der Waals surface area contributed by atoms with Gasteiger partial charge in [-0.25, -0.2) is 0 Å². The van der Waals surface area contributed by atoms with Crippen LogP contribution in [0.4, 0.5) is 0 Å². The minimum atomic E-state index is -0.790. The van der Waals surface area contributed by atoms with Crippen molar-refractivity contribution in [1.29, 1.82) is 0 Å². The zero-order valence-corrected chi connectivity index (χ0v) is 15.5. The van der Waals surface area contributed by atoms with Crippen molar-refractivity contribution < 1.29 is 18.8 Å². The first-order chi connectivity index (χ1) is 12.6. The summed E-state index contributed by atoms with van der Waals surface area (Å²) in [5.74, 6) is 0.490. The highest BCUT2D eigenvalue weighted by Gasteiger charge is 2.46. The van der Waals surface area contributed by atoms with Crippen molar-refractivity contribution in [1.82, 2.24) is 0 Å². The molecule has 0 spiro atoms. The van der Waals surface area contributed by atoms with Gasteiger partial charge < -0.3 is 14.0 Å². The second-order valence-electron chi connectivity index (χ2n) is 6.59. The summed E-state index contributed by atoms with van der Waals surface area (Å²) in [7, 11) is 0. The normalized spacial score (nSPS) is 22.0. The van der Waals surface area contributed by atoms with E-state index in [0.29, 0.717) is 12.2 Å². The Morgan fingerprint density at radius 1 is 1.27 bits per heavy atom. The van der Waals surface area contributed by atoms with E-state index in [1.807, 2.05) is 31.2 Å². The van der Waals surface area contributed by atoms with Gasteiger partial charge in [-0.1, -0.05) is 43.3 Å². The molecule has 1 aliphatic rings. The quantitative estimate of drug-likeness (QED) is 0.350. The summed E-state index contributed by atoms with van der Waals surface area (Å²) in [6.45, 7) is 2.20. The van der Waals surface area contributed by atoms with E-state index in [9.17, 15) is 9.90 Å². The molecule has 0 saturated heterocycles. The zero-order valence-electron chi connectivity index (χ0n) is 14.6. The Morgan fingerprint density at radius 2 is 2.04 bits per heavy atom. The topological polar surface area (TPSA) is 55.8 Å². The fourth-order valence-electron chi connectivity index (χ4n) is 3.52. The lowest BCUT2D eigenvalue weighted by molar-refractivity contribution is -0.154. The zero-order chi connectivity index (χ0) is 18.6. The van der Waals surface area contributed by atoms with Crippen molar-refractivity contribution in [2.24, 2.45) is 5.92 Å². The van der Waals surface area contributed by atoms with Crippen molar-refractivity contribution in [2.75, 3.05) is 0 Å². The van der Waals surface area contributed by atoms with Gasteiger partial charge in [0.1, 0.15) is 18.1 Å². The number of phenolic OH excluding ortho intramolecular Hbond substituents is 1. The number of allylic oxidation sites excluding steroid dienone is 2. The molecule has 5 heteroatoms. The Hall–Kier alpha value is -2.40. The molecule has 1 N–H and O–H groups in total. The largest absolute Gasteiger partial charge is 0.508 e. The van der Waals surface area contributed by atoms with E-state index in [4.69, 9.17) is 8.92 Å². The Morgan fingerprint density at radius 3 is 2.69 bits per heavy atom. The summed E-state index contributed by atoms with van der Waals surface area (Å²) in [4.78, 5) is 13.2. The van der Waals surface area contributed by atoms with Crippen LogP contribution in [0.25, 0.3) is 0 Å². The molecule has 0 amide bonds. The Kier molecular flexibility index (Phi) is 5.57. The lowest BCUT2D eigenvalue weighted by atomic mass is 9.65. The van der Waals surface area contributed by atoms with Gasteiger partial charge in [-0.3, -0.25) is 4.79 Å². The number of phenols is 1. The summed E-state index contributed by atoms with van der Waals surface area (Å²) >= 11 is 3.76. The molecule has 2 aromatic carbocycles. The van der Waals surface area contributed by atoms with Gasteiger partial charge in [-0.05, 0) is 54.2 Å². The van der Waals surface area contributed by atoms with Crippen LogP contribution in [0.2, 0.25) is 0 Å². The maximum Gasteiger partial charge on any atom is 0.317 e. The maximum absolute atomic E-state index is 13.2.